The highest BCUT2D eigenvalue weighted by Crippen LogP contribution is 2.26. The molecule has 2 N–H and O–H groups in total. The van der Waals surface area contributed by atoms with Crippen LogP contribution in [-0.4, -0.2) is 24.3 Å². The standard InChI is InChI=1S/C11H15BO3/c1-8-4-5-10(6-7-12(13)14)11(15-3)9(8)2/h4-7,13-14H,1-3H3/b7-6+. The lowest BCUT2D eigenvalue weighted by molar-refractivity contribution is 0.410. The van der Waals surface area contributed by atoms with E-state index in [1.54, 1.807) is 13.2 Å². The number of benzene rings is 1. The van der Waals surface area contributed by atoms with Crippen LogP contribution in [0.5, 0.6) is 5.75 Å². The van der Waals surface area contributed by atoms with Crippen LogP contribution in [0.3, 0.4) is 0 Å². The molecule has 15 heavy (non-hydrogen) atoms. The number of hydrogen-bond donors (Lipinski definition) is 2. The first-order valence-corrected chi connectivity index (χ1v) is 4.74. The van der Waals surface area contributed by atoms with Gasteiger partial charge in [-0.05, 0) is 25.0 Å². The minimum Gasteiger partial charge on any atom is -0.496 e. The van der Waals surface area contributed by atoms with E-state index in [0.29, 0.717) is 0 Å². The van der Waals surface area contributed by atoms with Crippen LogP contribution in [0.15, 0.2) is 18.1 Å². The van der Waals surface area contributed by atoms with Crippen LogP contribution in [0.1, 0.15) is 16.7 Å². The molecule has 0 aliphatic rings. The molecule has 0 amide bonds. The van der Waals surface area contributed by atoms with Gasteiger partial charge in [-0.3, -0.25) is 0 Å². The predicted octanol–water partition coefficient (Wildman–Crippen LogP) is 1.34. The molecule has 0 aromatic heterocycles. The van der Waals surface area contributed by atoms with Crippen LogP contribution < -0.4 is 4.74 Å². The molecule has 1 aromatic carbocycles. The SMILES string of the molecule is COc1c(/C=C/B(O)O)ccc(C)c1C. The molecular weight excluding hydrogens is 191 g/mol. The van der Waals surface area contributed by atoms with Crippen molar-refractivity contribution in [3.8, 4) is 5.75 Å². The maximum atomic E-state index is 8.73. The van der Waals surface area contributed by atoms with Crippen LogP contribution in [0.4, 0.5) is 0 Å². The molecule has 0 radical (unpaired) electrons. The molecule has 0 saturated heterocycles. The topological polar surface area (TPSA) is 49.7 Å². The third kappa shape index (κ3) is 2.84. The molecule has 80 valence electrons. The second kappa shape index (κ2) is 5.00. The van der Waals surface area contributed by atoms with E-state index in [1.165, 1.54) is 5.98 Å². The first-order valence-electron chi connectivity index (χ1n) is 4.74. The Hall–Kier alpha value is -1.26. The Morgan fingerprint density at radius 2 is 1.93 bits per heavy atom. The summed E-state index contributed by atoms with van der Waals surface area (Å²) >= 11 is 0. The van der Waals surface area contributed by atoms with Gasteiger partial charge < -0.3 is 14.8 Å². The Labute approximate surface area is 90.2 Å². The smallest absolute Gasteiger partial charge is 0.480 e. The summed E-state index contributed by atoms with van der Waals surface area (Å²) in [6, 6.07) is 3.86. The summed E-state index contributed by atoms with van der Waals surface area (Å²) in [5.74, 6) is 2.07. The summed E-state index contributed by atoms with van der Waals surface area (Å²) in [5, 5.41) is 17.5. The van der Waals surface area contributed by atoms with Gasteiger partial charge in [0, 0.05) is 5.56 Å². The second-order valence-corrected chi connectivity index (χ2v) is 3.40. The molecule has 1 aromatic rings. The normalized spacial score (nSPS) is 10.7. The van der Waals surface area contributed by atoms with Gasteiger partial charge in [0.15, 0.2) is 0 Å². The average molecular weight is 206 g/mol. The Morgan fingerprint density at radius 1 is 1.27 bits per heavy atom. The zero-order valence-electron chi connectivity index (χ0n) is 9.19. The van der Waals surface area contributed by atoms with E-state index in [1.807, 2.05) is 26.0 Å². The van der Waals surface area contributed by atoms with Crippen LogP contribution in [0.25, 0.3) is 6.08 Å². The van der Waals surface area contributed by atoms with Crippen LogP contribution in [-0.2, 0) is 0 Å². The van der Waals surface area contributed by atoms with E-state index in [2.05, 4.69) is 0 Å². The highest BCUT2D eigenvalue weighted by Gasteiger charge is 2.07. The summed E-state index contributed by atoms with van der Waals surface area (Å²) in [5.41, 5.74) is 3.05. The van der Waals surface area contributed by atoms with E-state index in [4.69, 9.17) is 14.8 Å². The zero-order valence-corrected chi connectivity index (χ0v) is 9.19. The number of hydrogen-bond acceptors (Lipinski definition) is 3. The summed E-state index contributed by atoms with van der Waals surface area (Å²) in [4.78, 5) is 0. The molecular formula is C11H15BO3. The van der Waals surface area contributed by atoms with E-state index >= 15 is 0 Å². The summed E-state index contributed by atoms with van der Waals surface area (Å²) < 4.78 is 5.27. The van der Waals surface area contributed by atoms with E-state index in [9.17, 15) is 0 Å². The van der Waals surface area contributed by atoms with Gasteiger partial charge in [0.05, 0.1) is 7.11 Å². The van der Waals surface area contributed by atoms with Crippen LogP contribution >= 0.6 is 0 Å². The fraction of sp³-hybridized carbons (Fsp3) is 0.273. The van der Waals surface area contributed by atoms with Crippen molar-refractivity contribution in [2.75, 3.05) is 7.11 Å². The van der Waals surface area contributed by atoms with E-state index in [-0.39, 0.29) is 0 Å². The van der Waals surface area contributed by atoms with Gasteiger partial charge in [0.2, 0.25) is 0 Å². The molecule has 0 atom stereocenters. The van der Waals surface area contributed by atoms with Crippen molar-refractivity contribution in [3.63, 3.8) is 0 Å². The van der Waals surface area contributed by atoms with Gasteiger partial charge in [-0.1, -0.05) is 24.2 Å². The van der Waals surface area contributed by atoms with Gasteiger partial charge in [0.25, 0.3) is 0 Å². The molecule has 0 aliphatic carbocycles. The monoisotopic (exact) mass is 206 g/mol. The fourth-order valence-corrected chi connectivity index (χ4v) is 1.40. The lowest BCUT2D eigenvalue weighted by Gasteiger charge is -2.10. The minimum atomic E-state index is -1.43. The van der Waals surface area contributed by atoms with Crippen molar-refractivity contribution in [3.05, 3.63) is 34.8 Å². The van der Waals surface area contributed by atoms with Crippen molar-refractivity contribution in [1.29, 1.82) is 0 Å². The Bertz CT molecular complexity index is 372. The molecule has 3 nitrogen and oxygen atoms in total. The number of aryl methyl sites for hydroxylation is 1. The second-order valence-electron chi connectivity index (χ2n) is 3.40. The third-order valence-corrected chi connectivity index (χ3v) is 2.36. The van der Waals surface area contributed by atoms with Crippen LogP contribution in [0, 0.1) is 13.8 Å². The highest BCUT2D eigenvalue weighted by molar-refractivity contribution is 6.48. The van der Waals surface area contributed by atoms with Gasteiger partial charge in [-0.2, -0.15) is 0 Å². The van der Waals surface area contributed by atoms with Crippen molar-refractivity contribution < 1.29 is 14.8 Å². The quantitative estimate of drug-likeness (QED) is 0.733. The van der Waals surface area contributed by atoms with Crippen molar-refractivity contribution >= 4 is 13.2 Å². The zero-order chi connectivity index (χ0) is 11.4. The summed E-state index contributed by atoms with van der Waals surface area (Å²) in [6.45, 7) is 3.98. The molecule has 0 unspecified atom stereocenters. The fourth-order valence-electron chi connectivity index (χ4n) is 1.40. The van der Waals surface area contributed by atoms with E-state index < -0.39 is 7.12 Å². The maximum absolute atomic E-state index is 8.73. The van der Waals surface area contributed by atoms with Crippen molar-refractivity contribution in [2.45, 2.75) is 13.8 Å². The van der Waals surface area contributed by atoms with Crippen LogP contribution in [0.2, 0.25) is 0 Å². The predicted molar refractivity (Wildman–Crippen MR) is 61.7 cm³/mol. The number of methoxy groups -OCH3 is 1. The first kappa shape index (κ1) is 11.8. The van der Waals surface area contributed by atoms with Gasteiger partial charge >= 0.3 is 7.12 Å². The Balaban J connectivity index is 3.13. The summed E-state index contributed by atoms with van der Waals surface area (Å²) in [6.07, 6.45) is 1.63. The molecule has 0 saturated carbocycles. The molecule has 0 spiro atoms. The highest BCUT2D eigenvalue weighted by atomic mass is 16.5. The lowest BCUT2D eigenvalue weighted by Crippen LogP contribution is -2.05. The largest absolute Gasteiger partial charge is 0.496 e. The lowest BCUT2D eigenvalue weighted by atomic mass is 9.90. The van der Waals surface area contributed by atoms with Gasteiger partial charge in [0.1, 0.15) is 5.75 Å². The van der Waals surface area contributed by atoms with Gasteiger partial charge in [-0.25, -0.2) is 0 Å². The Kier molecular flexibility index (Phi) is 3.94. The molecule has 0 heterocycles. The average Bonchev–Trinajstić information content (AvgIpc) is 2.19. The van der Waals surface area contributed by atoms with Crippen molar-refractivity contribution in [2.24, 2.45) is 0 Å². The number of ether oxygens (including phenoxy) is 1. The summed E-state index contributed by atoms with van der Waals surface area (Å²) in [7, 11) is 0.172. The minimum absolute atomic E-state index is 0.770. The molecule has 0 aliphatic heterocycles. The number of rotatable bonds is 3. The first-order chi connectivity index (χ1) is 7.06. The molecule has 0 fully saturated rings. The molecule has 0 bridgehead atoms. The maximum Gasteiger partial charge on any atom is 0.480 e. The third-order valence-electron chi connectivity index (χ3n) is 2.36. The van der Waals surface area contributed by atoms with E-state index in [0.717, 1.165) is 22.4 Å². The molecule has 1 rings (SSSR count). The van der Waals surface area contributed by atoms with Crippen molar-refractivity contribution in [1.82, 2.24) is 0 Å². The van der Waals surface area contributed by atoms with Gasteiger partial charge in [-0.15, -0.1) is 0 Å². The Morgan fingerprint density at radius 3 is 2.47 bits per heavy atom. The molecule has 4 heteroatoms.